The first-order valence-corrected chi connectivity index (χ1v) is 8.59. The van der Waals surface area contributed by atoms with Gasteiger partial charge >= 0.3 is 0 Å². The number of benzene rings is 3. The molecule has 0 bridgehead atoms. The molecule has 1 amide bonds. The molecule has 0 aliphatic heterocycles. The minimum Gasteiger partial charge on any atom is -0.496 e. The van der Waals surface area contributed by atoms with E-state index in [9.17, 15) is 4.79 Å². The monoisotopic (exact) mass is 396 g/mol. The summed E-state index contributed by atoms with van der Waals surface area (Å²) in [5, 5.41) is 6.17. The molecule has 126 valence electrons. The van der Waals surface area contributed by atoms with Gasteiger partial charge in [0.1, 0.15) is 5.75 Å². The van der Waals surface area contributed by atoms with Gasteiger partial charge in [-0.2, -0.15) is 5.10 Å². The number of fused-ring (bicyclic) bond motifs is 1. The number of nitrogens with zero attached hydrogens (tertiary/aromatic N) is 1. The molecule has 0 aliphatic rings. The van der Waals surface area contributed by atoms with Gasteiger partial charge in [0.2, 0.25) is 5.91 Å². The summed E-state index contributed by atoms with van der Waals surface area (Å²) in [5.41, 5.74) is 4.34. The molecule has 0 radical (unpaired) electrons. The Bertz CT molecular complexity index is 938. The summed E-state index contributed by atoms with van der Waals surface area (Å²) in [4.78, 5) is 12.2. The van der Waals surface area contributed by atoms with E-state index in [0.29, 0.717) is 5.75 Å². The van der Waals surface area contributed by atoms with E-state index in [0.717, 1.165) is 26.4 Å². The van der Waals surface area contributed by atoms with E-state index in [4.69, 9.17) is 4.74 Å². The fourth-order valence-corrected chi connectivity index (χ4v) is 3.12. The first kappa shape index (κ1) is 17.2. The number of hydrazone groups is 1. The topological polar surface area (TPSA) is 50.7 Å². The van der Waals surface area contributed by atoms with Crippen molar-refractivity contribution in [2.24, 2.45) is 5.10 Å². The van der Waals surface area contributed by atoms with E-state index in [2.05, 4.69) is 26.5 Å². The van der Waals surface area contributed by atoms with Gasteiger partial charge in [0.05, 0.1) is 19.7 Å². The van der Waals surface area contributed by atoms with Crippen LogP contribution in [0.25, 0.3) is 10.8 Å². The summed E-state index contributed by atoms with van der Waals surface area (Å²) < 4.78 is 6.26. The zero-order chi connectivity index (χ0) is 17.6. The molecule has 0 aromatic heterocycles. The molecule has 3 aromatic carbocycles. The Morgan fingerprint density at radius 2 is 1.80 bits per heavy atom. The second-order valence-electron chi connectivity index (χ2n) is 5.46. The number of nitrogens with one attached hydrogen (secondary N) is 1. The van der Waals surface area contributed by atoms with E-state index in [1.807, 2.05) is 60.7 Å². The van der Waals surface area contributed by atoms with Crippen LogP contribution in [0.1, 0.15) is 11.1 Å². The number of methoxy groups -OCH3 is 1. The van der Waals surface area contributed by atoms with E-state index in [-0.39, 0.29) is 12.3 Å². The SMILES string of the molecule is COc1ccccc1C=NNC(=O)Cc1ccc(Br)c2ccccc12. The molecule has 0 atom stereocenters. The summed E-state index contributed by atoms with van der Waals surface area (Å²) in [5.74, 6) is 0.540. The molecule has 4 nitrogen and oxygen atoms in total. The van der Waals surface area contributed by atoms with Crippen LogP contribution in [0.3, 0.4) is 0 Å². The zero-order valence-corrected chi connectivity index (χ0v) is 15.3. The van der Waals surface area contributed by atoms with Crippen LogP contribution in [0.4, 0.5) is 0 Å². The fraction of sp³-hybridized carbons (Fsp3) is 0.100. The number of amides is 1. The van der Waals surface area contributed by atoms with Crippen molar-refractivity contribution in [2.45, 2.75) is 6.42 Å². The lowest BCUT2D eigenvalue weighted by molar-refractivity contribution is -0.120. The molecular formula is C20H17BrN2O2. The number of halogens is 1. The number of hydrogen-bond acceptors (Lipinski definition) is 3. The predicted molar refractivity (Wildman–Crippen MR) is 104 cm³/mol. The largest absolute Gasteiger partial charge is 0.496 e. The summed E-state index contributed by atoms with van der Waals surface area (Å²) >= 11 is 3.54. The van der Waals surface area contributed by atoms with Crippen LogP contribution in [0.15, 0.2) is 70.2 Å². The predicted octanol–water partition coefficient (Wildman–Crippen LogP) is 4.30. The van der Waals surface area contributed by atoms with Gasteiger partial charge in [0, 0.05) is 10.0 Å². The zero-order valence-electron chi connectivity index (χ0n) is 13.7. The van der Waals surface area contributed by atoms with Gasteiger partial charge in [-0.05, 0) is 34.5 Å². The number of carbonyl (C=O) groups excluding carboxylic acids is 1. The van der Waals surface area contributed by atoms with Crippen molar-refractivity contribution in [3.05, 3.63) is 76.3 Å². The van der Waals surface area contributed by atoms with Gasteiger partial charge in [-0.3, -0.25) is 4.79 Å². The molecule has 0 heterocycles. The standard InChI is InChI=1S/C20H17BrN2O2/c1-25-19-9-5-2-6-15(19)13-22-23-20(24)12-14-10-11-18(21)17-8-4-3-7-16(14)17/h2-11,13H,12H2,1H3,(H,23,24). The molecule has 0 aliphatic carbocycles. The Balaban J connectivity index is 1.71. The van der Waals surface area contributed by atoms with Crippen LogP contribution in [0, 0.1) is 0 Å². The first-order valence-electron chi connectivity index (χ1n) is 7.80. The van der Waals surface area contributed by atoms with Crippen LogP contribution in [0.2, 0.25) is 0 Å². The second kappa shape index (κ2) is 7.94. The molecule has 0 unspecified atom stereocenters. The van der Waals surface area contributed by atoms with Gasteiger partial charge < -0.3 is 4.74 Å². The van der Waals surface area contributed by atoms with E-state index in [1.165, 1.54) is 0 Å². The van der Waals surface area contributed by atoms with Crippen molar-refractivity contribution in [2.75, 3.05) is 7.11 Å². The van der Waals surface area contributed by atoms with Gasteiger partial charge in [-0.25, -0.2) is 5.43 Å². The lowest BCUT2D eigenvalue weighted by atomic mass is 10.0. The van der Waals surface area contributed by atoms with Crippen LogP contribution < -0.4 is 10.2 Å². The highest BCUT2D eigenvalue weighted by Crippen LogP contribution is 2.27. The first-order chi connectivity index (χ1) is 12.2. The molecule has 3 rings (SSSR count). The highest BCUT2D eigenvalue weighted by molar-refractivity contribution is 9.10. The van der Waals surface area contributed by atoms with Crippen LogP contribution in [-0.2, 0) is 11.2 Å². The van der Waals surface area contributed by atoms with Crippen molar-refractivity contribution in [3.63, 3.8) is 0 Å². The van der Waals surface area contributed by atoms with Crippen molar-refractivity contribution >= 4 is 38.8 Å². The Kier molecular flexibility index (Phi) is 5.46. The molecule has 1 N–H and O–H groups in total. The maximum atomic E-state index is 12.2. The fourth-order valence-electron chi connectivity index (χ4n) is 2.64. The van der Waals surface area contributed by atoms with E-state index >= 15 is 0 Å². The molecule has 0 saturated heterocycles. The maximum absolute atomic E-state index is 12.2. The summed E-state index contributed by atoms with van der Waals surface area (Å²) in [7, 11) is 1.60. The highest BCUT2D eigenvalue weighted by atomic mass is 79.9. The number of hydrogen-bond donors (Lipinski definition) is 1. The molecule has 0 spiro atoms. The summed E-state index contributed by atoms with van der Waals surface area (Å²) in [6, 6.07) is 19.4. The number of rotatable bonds is 5. The smallest absolute Gasteiger partial charge is 0.244 e. The maximum Gasteiger partial charge on any atom is 0.244 e. The molecular weight excluding hydrogens is 380 g/mol. The summed E-state index contributed by atoms with van der Waals surface area (Å²) in [6.07, 6.45) is 1.84. The Morgan fingerprint density at radius 3 is 2.60 bits per heavy atom. The Morgan fingerprint density at radius 1 is 1.08 bits per heavy atom. The van der Waals surface area contributed by atoms with E-state index in [1.54, 1.807) is 13.3 Å². The van der Waals surface area contributed by atoms with Crippen LogP contribution in [-0.4, -0.2) is 19.2 Å². The van der Waals surface area contributed by atoms with Crippen LogP contribution in [0.5, 0.6) is 5.75 Å². The van der Waals surface area contributed by atoms with Crippen molar-refractivity contribution in [3.8, 4) is 5.75 Å². The van der Waals surface area contributed by atoms with Gasteiger partial charge in [-0.15, -0.1) is 0 Å². The number of para-hydroxylation sites is 1. The highest BCUT2D eigenvalue weighted by Gasteiger charge is 2.08. The number of ether oxygens (including phenoxy) is 1. The van der Waals surface area contributed by atoms with Gasteiger partial charge in [0.15, 0.2) is 0 Å². The second-order valence-corrected chi connectivity index (χ2v) is 6.32. The average molecular weight is 397 g/mol. The average Bonchev–Trinajstić information content (AvgIpc) is 2.65. The molecule has 0 fully saturated rings. The molecule has 0 saturated carbocycles. The quantitative estimate of drug-likeness (QED) is 0.516. The normalized spacial score (nSPS) is 11.0. The third kappa shape index (κ3) is 4.06. The van der Waals surface area contributed by atoms with Gasteiger partial charge in [0.25, 0.3) is 0 Å². The van der Waals surface area contributed by atoms with Gasteiger partial charge in [-0.1, -0.05) is 58.4 Å². The summed E-state index contributed by atoms with van der Waals surface area (Å²) in [6.45, 7) is 0. The minimum atomic E-state index is -0.168. The Hall–Kier alpha value is -2.66. The number of carbonyl (C=O) groups is 1. The lowest BCUT2D eigenvalue weighted by Gasteiger charge is -2.07. The van der Waals surface area contributed by atoms with Crippen LogP contribution >= 0.6 is 15.9 Å². The molecule has 25 heavy (non-hydrogen) atoms. The molecule has 5 heteroatoms. The van der Waals surface area contributed by atoms with Crippen molar-refractivity contribution in [1.82, 2.24) is 5.43 Å². The van der Waals surface area contributed by atoms with Crippen molar-refractivity contribution in [1.29, 1.82) is 0 Å². The minimum absolute atomic E-state index is 0.168. The van der Waals surface area contributed by atoms with E-state index < -0.39 is 0 Å². The van der Waals surface area contributed by atoms with Crippen molar-refractivity contribution < 1.29 is 9.53 Å². The third-order valence-electron chi connectivity index (χ3n) is 3.84. The third-order valence-corrected chi connectivity index (χ3v) is 4.54. The Labute approximate surface area is 154 Å². The molecule has 3 aromatic rings. The lowest BCUT2D eigenvalue weighted by Crippen LogP contribution is -2.20.